The molecule has 0 aromatic heterocycles. The molecule has 0 spiro atoms. The summed E-state index contributed by atoms with van der Waals surface area (Å²) in [6, 6.07) is 0.217. The first kappa shape index (κ1) is 15.6. The number of carbonyl (C=O) groups excluding carboxylic acids is 2. The third-order valence-electron chi connectivity index (χ3n) is 4.40. The minimum atomic E-state index is -0.760. The molecule has 21 heavy (non-hydrogen) atoms. The van der Waals surface area contributed by atoms with Crippen molar-refractivity contribution in [1.82, 2.24) is 10.2 Å². The van der Waals surface area contributed by atoms with Gasteiger partial charge in [-0.15, -0.1) is 0 Å². The summed E-state index contributed by atoms with van der Waals surface area (Å²) in [5.74, 6) is -0.943. The van der Waals surface area contributed by atoms with Crippen molar-refractivity contribution >= 4 is 17.9 Å². The Morgan fingerprint density at radius 3 is 2.33 bits per heavy atom. The molecule has 2 saturated heterocycles. The van der Waals surface area contributed by atoms with Crippen LogP contribution in [-0.4, -0.2) is 46.5 Å². The molecule has 2 rings (SSSR count). The summed E-state index contributed by atoms with van der Waals surface area (Å²) in [4.78, 5) is 35.5. The third kappa shape index (κ3) is 4.09. The Morgan fingerprint density at radius 2 is 1.81 bits per heavy atom. The van der Waals surface area contributed by atoms with E-state index in [1.807, 2.05) is 4.90 Å². The van der Waals surface area contributed by atoms with Gasteiger partial charge in [0.15, 0.2) is 0 Å². The smallest absolute Gasteiger partial charge is 0.317 e. The summed E-state index contributed by atoms with van der Waals surface area (Å²) in [6.07, 6.45) is 4.47. The van der Waals surface area contributed by atoms with E-state index in [1.54, 1.807) is 0 Å². The zero-order valence-electron chi connectivity index (χ0n) is 12.1. The summed E-state index contributed by atoms with van der Waals surface area (Å²) in [5.41, 5.74) is 5.05. The Hall–Kier alpha value is -1.79. The molecule has 0 aromatic carbocycles. The van der Waals surface area contributed by atoms with Crippen LogP contribution in [0.15, 0.2) is 0 Å². The Morgan fingerprint density at radius 1 is 1.19 bits per heavy atom. The summed E-state index contributed by atoms with van der Waals surface area (Å²) in [6.45, 7) is 0.441. The minimum absolute atomic E-state index is 0.0965. The van der Waals surface area contributed by atoms with Crippen LogP contribution in [-0.2, 0) is 9.59 Å². The van der Waals surface area contributed by atoms with Crippen molar-refractivity contribution in [3.8, 4) is 0 Å². The van der Waals surface area contributed by atoms with Crippen molar-refractivity contribution in [2.45, 2.75) is 57.0 Å². The van der Waals surface area contributed by atoms with Gasteiger partial charge in [-0.3, -0.25) is 9.59 Å². The minimum Gasteiger partial charge on any atom is -0.481 e. The van der Waals surface area contributed by atoms with Crippen molar-refractivity contribution in [3.63, 3.8) is 0 Å². The Bertz CT molecular complexity index is 412. The van der Waals surface area contributed by atoms with E-state index in [4.69, 9.17) is 10.8 Å². The number of carboxylic acids is 1. The molecule has 7 heteroatoms. The lowest BCUT2D eigenvalue weighted by atomic mass is 9.88. The molecule has 2 aliphatic rings. The van der Waals surface area contributed by atoms with E-state index in [2.05, 4.69) is 5.32 Å². The Kier molecular flexibility index (Phi) is 5.03. The summed E-state index contributed by atoms with van der Waals surface area (Å²) >= 11 is 0. The van der Waals surface area contributed by atoms with Gasteiger partial charge in [0, 0.05) is 31.5 Å². The SMILES string of the molecule is NC(=O)CCCNC(=O)N1C2CCC1CC(CC(=O)O)C2. The summed E-state index contributed by atoms with van der Waals surface area (Å²) in [5, 5.41) is 11.7. The standard InChI is InChI=1S/C14H23N3O4/c15-12(18)2-1-5-16-14(21)17-10-3-4-11(17)7-9(6-10)8-13(19)20/h9-11H,1-8H2,(H2,15,18)(H,16,21)(H,19,20). The second kappa shape index (κ2) is 6.78. The fraction of sp³-hybridized carbons (Fsp3) is 0.786. The van der Waals surface area contributed by atoms with Gasteiger partial charge < -0.3 is 21.1 Å². The third-order valence-corrected chi connectivity index (χ3v) is 4.40. The van der Waals surface area contributed by atoms with Crippen molar-refractivity contribution in [1.29, 1.82) is 0 Å². The van der Waals surface area contributed by atoms with Gasteiger partial charge in [-0.2, -0.15) is 0 Å². The lowest BCUT2D eigenvalue weighted by Gasteiger charge is -2.38. The monoisotopic (exact) mass is 297 g/mol. The normalized spacial score (nSPS) is 27.4. The number of primary amides is 1. The predicted molar refractivity (Wildman–Crippen MR) is 75.5 cm³/mol. The number of hydrogen-bond donors (Lipinski definition) is 3. The molecule has 0 radical (unpaired) electrons. The largest absolute Gasteiger partial charge is 0.481 e. The van der Waals surface area contributed by atoms with Crippen LogP contribution in [0.2, 0.25) is 0 Å². The van der Waals surface area contributed by atoms with E-state index in [1.165, 1.54) is 0 Å². The lowest BCUT2D eigenvalue weighted by Crippen LogP contribution is -2.51. The highest BCUT2D eigenvalue weighted by atomic mass is 16.4. The van der Waals surface area contributed by atoms with Crippen molar-refractivity contribution in [3.05, 3.63) is 0 Å². The van der Waals surface area contributed by atoms with Crippen LogP contribution < -0.4 is 11.1 Å². The lowest BCUT2D eigenvalue weighted by molar-refractivity contribution is -0.138. The molecule has 4 N–H and O–H groups in total. The number of piperidine rings is 1. The van der Waals surface area contributed by atoms with E-state index in [0.717, 1.165) is 25.7 Å². The molecule has 2 atom stereocenters. The maximum Gasteiger partial charge on any atom is 0.317 e. The van der Waals surface area contributed by atoms with Crippen LogP contribution in [0.25, 0.3) is 0 Å². The fourth-order valence-corrected chi connectivity index (χ4v) is 3.58. The van der Waals surface area contributed by atoms with Gasteiger partial charge in [0.2, 0.25) is 5.91 Å². The fourth-order valence-electron chi connectivity index (χ4n) is 3.58. The van der Waals surface area contributed by atoms with Crippen LogP contribution in [0.4, 0.5) is 4.79 Å². The van der Waals surface area contributed by atoms with E-state index < -0.39 is 5.97 Å². The van der Waals surface area contributed by atoms with Crippen LogP contribution in [0.1, 0.15) is 44.9 Å². The number of fused-ring (bicyclic) bond motifs is 2. The number of carboxylic acid groups (broad SMARTS) is 1. The molecule has 2 aliphatic heterocycles. The van der Waals surface area contributed by atoms with Crippen LogP contribution in [0.3, 0.4) is 0 Å². The van der Waals surface area contributed by atoms with E-state index >= 15 is 0 Å². The highest BCUT2D eigenvalue weighted by molar-refractivity contribution is 5.76. The predicted octanol–water partition coefficient (Wildman–Crippen LogP) is 0.679. The van der Waals surface area contributed by atoms with Gasteiger partial charge in [-0.05, 0) is 38.0 Å². The molecule has 0 aliphatic carbocycles. The number of rotatable bonds is 6. The van der Waals surface area contributed by atoms with Gasteiger partial charge in [-0.1, -0.05) is 0 Å². The highest BCUT2D eigenvalue weighted by Gasteiger charge is 2.43. The zero-order chi connectivity index (χ0) is 15.4. The number of amides is 3. The molecule has 2 unspecified atom stereocenters. The number of aliphatic carboxylic acids is 1. The molecule has 118 valence electrons. The number of nitrogens with zero attached hydrogens (tertiary/aromatic N) is 1. The quantitative estimate of drug-likeness (QED) is 0.626. The van der Waals surface area contributed by atoms with Crippen LogP contribution >= 0.6 is 0 Å². The molecule has 0 saturated carbocycles. The molecular weight excluding hydrogens is 274 g/mol. The maximum absolute atomic E-state index is 12.2. The number of nitrogens with one attached hydrogen (secondary N) is 1. The van der Waals surface area contributed by atoms with E-state index in [9.17, 15) is 14.4 Å². The number of nitrogens with two attached hydrogens (primary N) is 1. The van der Waals surface area contributed by atoms with Crippen molar-refractivity contribution in [2.75, 3.05) is 6.54 Å². The molecule has 0 aromatic rings. The second-order valence-corrected chi connectivity index (χ2v) is 6.03. The van der Waals surface area contributed by atoms with Gasteiger partial charge in [-0.25, -0.2) is 4.79 Å². The molecule has 2 fully saturated rings. The van der Waals surface area contributed by atoms with Gasteiger partial charge >= 0.3 is 12.0 Å². The Balaban J connectivity index is 1.81. The molecule has 3 amide bonds. The number of carbonyl (C=O) groups is 3. The zero-order valence-corrected chi connectivity index (χ0v) is 12.1. The molecular formula is C14H23N3O4. The maximum atomic E-state index is 12.2. The molecule has 2 bridgehead atoms. The highest BCUT2D eigenvalue weighted by Crippen LogP contribution is 2.39. The van der Waals surface area contributed by atoms with Crippen molar-refractivity contribution < 1.29 is 19.5 Å². The van der Waals surface area contributed by atoms with Gasteiger partial charge in [0.25, 0.3) is 0 Å². The number of hydrogen-bond acceptors (Lipinski definition) is 3. The van der Waals surface area contributed by atoms with Crippen LogP contribution in [0, 0.1) is 5.92 Å². The first-order valence-electron chi connectivity index (χ1n) is 7.53. The molecule has 7 nitrogen and oxygen atoms in total. The summed E-state index contributed by atoms with van der Waals surface area (Å²) in [7, 11) is 0. The average molecular weight is 297 g/mol. The van der Waals surface area contributed by atoms with E-state index in [0.29, 0.717) is 13.0 Å². The summed E-state index contributed by atoms with van der Waals surface area (Å²) < 4.78 is 0. The number of urea groups is 1. The topological polar surface area (TPSA) is 113 Å². The first-order chi connectivity index (χ1) is 9.97. The Labute approximate surface area is 123 Å². The van der Waals surface area contributed by atoms with Gasteiger partial charge in [0.1, 0.15) is 0 Å². The average Bonchev–Trinajstić information content (AvgIpc) is 2.65. The van der Waals surface area contributed by atoms with Crippen molar-refractivity contribution in [2.24, 2.45) is 11.7 Å². The van der Waals surface area contributed by atoms with Crippen LogP contribution in [0.5, 0.6) is 0 Å². The van der Waals surface area contributed by atoms with E-state index in [-0.39, 0.29) is 42.8 Å². The van der Waals surface area contributed by atoms with Gasteiger partial charge in [0.05, 0.1) is 0 Å². The molecule has 2 heterocycles. The second-order valence-electron chi connectivity index (χ2n) is 6.03. The first-order valence-corrected chi connectivity index (χ1v) is 7.53.